The van der Waals surface area contributed by atoms with E-state index in [2.05, 4.69) is 10.4 Å². The summed E-state index contributed by atoms with van der Waals surface area (Å²) in [4.78, 5) is 0. The van der Waals surface area contributed by atoms with Crippen LogP contribution in [0, 0.1) is 12.7 Å². The van der Waals surface area contributed by atoms with E-state index in [0.29, 0.717) is 24.7 Å². The van der Waals surface area contributed by atoms with Gasteiger partial charge in [0.05, 0.1) is 18.4 Å². The molecule has 1 heterocycles. The Morgan fingerprint density at radius 3 is 2.91 bits per heavy atom. The van der Waals surface area contributed by atoms with Crippen molar-refractivity contribution in [2.45, 2.75) is 19.6 Å². The molecule has 2 rings (SSSR count). The van der Waals surface area contributed by atoms with Gasteiger partial charge < -0.3 is 19.9 Å². The molecule has 1 atom stereocenters. The maximum Gasteiger partial charge on any atom is 0.216 e. The Labute approximate surface area is 134 Å². The number of hydrogen-bond acceptors (Lipinski definition) is 5. The Bertz CT molecular complexity index is 645. The van der Waals surface area contributed by atoms with Gasteiger partial charge in [-0.2, -0.15) is 5.10 Å². The number of benzene rings is 1. The first-order chi connectivity index (χ1) is 11.0. The van der Waals surface area contributed by atoms with Crippen LogP contribution in [0.5, 0.6) is 11.6 Å². The van der Waals surface area contributed by atoms with E-state index < -0.39 is 6.10 Å². The van der Waals surface area contributed by atoms with Crippen molar-refractivity contribution in [2.75, 3.05) is 20.3 Å². The number of halogens is 1. The third kappa shape index (κ3) is 4.67. The summed E-state index contributed by atoms with van der Waals surface area (Å²) >= 11 is 0. The van der Waals surface area contributed by atoms with Crippen molar-refractivity contribution in [3.8, 4) is 11.6 Å². The van der Waals surface area contributed by atoms with E-state index in [1.165, 1.54) is 12.1 Å². The predicted octanol–water partition coefficient (Wildman–Crippen LogP) is 1.41. The Balaban J connectivity index is 1.78. The van der Waals surface area contributed by atoms with E-state index in [-0.39, 0.29) is 12.4 Å². The number of hydrogen-bond donors (Lipinski definition) is 2. The predicted molar refractivity (Wildman–Crippen MR) is 84.1 cm³/mol. The van der Waals surface area contributed by atoms with E-state index in [1.54, 1.807) is 23.9 Å². The van der Waals surface area contributed by atoms with E-state index >= 15 is 0 Å². The summed E-state index contributed by atoms with van der Waals surface area (Å²) in [5.41, 5.74) is 1.83. The highest BCUT2D eigenvalue weighted by Crippen LogP contribution is 2.20. The van der Waals surface area contributed by atoms with Gasteiger partial charge in [-0.3, -0.25) is 0 Å². The maximum atomic E-state index is 13.0. The first kappa shape index (κ1) is 17.2. The number of aliphatic hydroxyl groups excluding tert-OH is 1. The molecule has 0 amide bonds. The van der Waals surface area contributed by atoms with Crippen LogP contribution in [0.4, 0.5) is 4.39 Å². The van der Waals surface area contributed by atoms with Gasteiger partial charge in [0.1, 0.15) is 24.3 Å². The van der Waals surface area contributed by atoms with Gasteiger partial charge in [0.2, 0.25) is 5.88 Å². The third-order valence-electron chi connectivity index (χ3n) is 3.40. The van der Waals surface area contributed by atoms with Crippen molar-refractivity contribution < 1.29 is 19.0 Å². The molecule has 0 fully saturated rings. The average Bonchev–Trinajstić information content (AvgIpc) is 2.79. The molecule has 0 aliphatic rings. The fourth-order valence-electron chi connectivity index (χ4n) is 2.31. The molecule has 0 radical (unpaired) electrons. The summed E-state index contributed by atoms with van der Waals surface area (Å²) in [6.07, 6.45) is -0.707. The second-order valence-corrected chi connectivity index (χ2v) is 5.25. The zero-order valence-corrected chi connectivity index (χ0v) is 13.5. The minimum absolute atomic E-state index is 0.0829. The minimum atomic E-state index is -0.707. The molecule has 1 aromatic heterocycles. The molecule has 2 N–H and O–H groups in total. The van der Waals surface area contributed by atoms with Crippen molar-refractivity contribution in [1.82, 2.24) is 15.1 Å². The monoisotopic (exact) mass is 323 g/mol. The summed E-state index contributed by atoms with van der Waals surface area (Å²) < 4.78 is 25.4. The van der Waals surface area contributed by atoms with Gasteiger partial charge in [0, 0.05) is 26.2 Å². The van der Waals surface area contributed by atoms with Crippen LogP contribution in [-0.2, 0) is 13.6 Å². The van der Waals surface area contributed by atoms with Crippen molar-refractivity contribution in [2.24, 2.45) is 7.05 Å². The normalized spacial score (nSPS) is 12.2. The molecule has 1 aromatic carbocycles. The van der Waals surface area contributed by atoms with Crippen LogP contribution < -0.4 is 14.8 Å². The van der Waals surface area contributed by atoms with E-state index in [9.17, 15) is 9.50 Å². The highest BCUT2D eigenvalue weighted by atomic mass is 19.1. The van der Waals surface area contributed by atoms with Crippen molar-refractivity contribution in [3.05, 3.63) is 41.3 Å². The summed E-state index contributed by atoms with van der Waals surface area (Å²) in [7, 11) is 3.42. The van der Waals surface area contributed by atoms with Crippen LogP contribution in [0.3, 0.4) is 0 Å². The molecule has 6 nitrogen and oxygen atoms in total. The summed E-state index contributed by atoms with van der Waals surface area (Å²) in [5, 5.41) is 17.4. The topological polar surface area (TPSA) is 68.5 Å². The summed E-state index contributed by atoms with van der Waals surface area (Å²) in [6, 6.07) is 5.83. The summed E-state index contributed by atoms with van der Waals surface area (Å²) in [5.74, 6) is 0.726. The molecular weight excluding hydrogens is 301 g/mol. The second kappa shape index (κ2) is 7.94. The standard InChI is InChI=1S/C16H22FN3O3/c1-11-15(16(22-3)20(2)19-11)9-18-8-13(21)10-23-14-6-4-5-12(17)7-14/h4-7,13,18,21H,8-10H2,1-3H3/t13-/m1/s1. The first-order valence-electron chi connectivity index (χ1n) is 7.35. The Morgan fingerprint density at radius 1 is 1.43 bits per heavy atom. The van der Waals surface area contributed by atoms with Gasteiger partial charge in [-0.1, -0.05) is 6.07 Å². The maximum absolute atomic E-state index is 13.0. The molecule has 0 saturated heterocycles. The molecule has 126 valence electrons. The minimum Gasteiger partial charge on any atom is -0.491 e. The molecule has 0 bridgehead atoms. The number of methoxy groups -OCH3 is 1. The lowest BCUT2D eigenvalue weighted by Crippen LogP contribution is -2.31. The largest absolute Gasteiger partial charge is 0.491 e. The van der Waals surface area contributed by atoms with Crippen molar-refractivity contribution in [1.29, 1.82) is 0 Å². The molecule has 2 aromatic rings. The fraction of sp³-hybridized carbons (Fsp3) is 0.438. The molecule has 0 unspecified atom stereocenters. The lowest BCUT2D eigenvalue weighted by atomic mass is 10.2. The number of nitrogens with zero attached hydrogens (tertiary/aromatic N) is 2. The Kier molecular flexibility index (Phi) is 5.95. The molecule has 0 saturated carbocycles. The number of rotatable bonds is 8. The Morgan fingerprint density at radius 2 is 2.22 bits per heavy atom. The molecule has 7 heteroatoms. The SMILES string of the molecule is COc1c(CNC[C@@H](O)COc2cccc(F)c2)c(C)nn1C. The van der Waals surface area contributed by atoms with Gasteiger partial charge in [-0.15, -0.1) is 0 Å². The van der Waals surface area contributed by atoms with E-state index in [4.69, 9.17) is 9.47 Å². The van der Waals surface area contributed by atoms with Crippen LogP contribution in [0.15, 0.2) is 24.3 Å². The quantitative estimate of drug-likeness (QED) is 0.769. The zero-order valence-electron chi connectivity index (χ0n) is 13.5. The van der Waals surface area contributed by atoms with Gasteiger partial charge in [-0.25, -0.2) is 9.07 Å². The smallest absolute Gasteiger partial charge is 0.216 e. The number of aliphatic hydroxyl groups is 1. The highest BCUT2D eigenvalue weighted by Gasteiger charge is 2.14. The molecule has 0 aliphatic heterocycles. The van der Waals surface area contributed by atoms with E-state index in [1.807, 2.05) is 14.0 Å². The second-order valence-electron chi connectivity index (χ2n) is 5.25. The fourth-order valence-corrected chi connectivity index (χ4v) is 2.31. The van der Waals surface area contributed by atoms with Gasteiger partial charge in [0.15, 0.2) is 0 Å². The number of aromatic nitrogens is 2. The van der Waals surface area contributed by atoms with Crippen molar-refractivity contribution in [3.63, 3.8) is 0 Å². The average molecular weight is 323 g/mol. The third-order valence-corrected chi connectivity index (χ3v) is 3.40. The molecule has 23 heavy (non-hydrogen) atoms. The summed E-state index contributed by atoms with van der Waals surface area (Å²) in [6.45, 7) is 2.86. The van der Waals surface area contributed by atoms with E-state index in [0.717, 1.165) is 11.3 Å². The van der Waals surface area contributed by atoms with Crippen LogP contribution in [0.1, 0.15) is 11.3 Å². The Hall–Kier alpha value is -2.12. The van der Waals surface area contributed by atoms with Crippen LogP contribution in [0.25, 0.3) is 0 Å². The van der Waals surface area contributed by atoms with Gasteiger partial charge in [-0.05, 0) is 19.1 Å². The lowest BCUT2D eigenvalue weighted by Gasteiger charge is -2.13. The van der Waals surface area contributed by atoms with Gasteiger partial charge >= 0.3 is 0 Å². The molecule has 0 spiro atoms. The lowest BCUT2D eigenvalue weighted by molar-refractivity contribution is 0.106. The number of ether oxygens (including phenoxy) is 2. The number of nitrogens with one attached hydrogen (secondary N) is 1. The number of aryl methyl sites for hydroxylation is 2. The highest BCUT2D eigenvalue weighted by molar-refractivity contribution is 5.30. The molecule has 0 aliphatic carbocycles. The van der Waals surface area contributed by atoms with Crippen LogP contribution in [0.2, 0.25) is 0 Å². The van der Waals surface area contributed by atoms with Crippen molar-refractivity contribution >= 4 is 0 Å². The van der Waals surface area contributed by atoms with Crippen LogP contribution in [-0.4, -0.2) is 41.3 Å². The van der Waals surface area contributed by atoms with Gasteiger partial charge in [0.25, 0.3) is 0 Å². The first-order valence-corrected chi connectivity index (χ1v) is 7.35. The van der Waals surface area contributed by atoms with Crippen LogP contribution >= 0.6 is 0 Å². The molecular formula is C16H22FN3O3. The zero-order chi connectivity index (χ0) is 16.8.